The number of benzene rings is 1. The summed E-state index contributed by atoms with van der Waals surface area (Å²) in [6.45, 7) is 4.95. The van der Waals surface area contributed by atoms with Gasteiger partial charge in [0.15, 0.2) is 0 Å². The molecule has 1 aliphatic rings. The molecule has 1 N–H and O–H groups in total. The zero-order valence-electron chi connectivity index (χ0n) is 13.0. The third-order valence-corrected chi connectivity index (χ3v) is 3.60. The highest BCUT2D eigenvalue weighted by Gasteiger charge is 2.32. The molecular weight excluding hydrogens is 264 g/mol. The van der Waals surface area contributed by atoms with E-state index in [-0.39, 0.29) is 18.2 Å². The van der Waals surface area contributed by atoms with E-state index >= 15 is 0 Å². The van der Waals surface area contributed by atoms with Crippen LogP contribution in [0, 0.1) is 5.92 Å². The Balaban J connectivity index is 2.10. The fourth-order valence-electron chi connectivity index (χ4n) is 2.63. The van der Waals surface area contributed by atoms with Crippen molar-refractivity contribution in [3.05, 3.63) is 42.5 Å². The SMILES string of the molecule is CO[C@H]1C=CC[C@@H]1N(CC(C)C)C(=O)Nc1ccccc1. The molecule has 0 radical (unpaired) electrons. The number of carbonyl (C=O) groups excluding carboxylic acids is 1. The lowest BCUT2D eigenvalue weighted by atomic mass is 10.1. The first-order chi connectivity index (χ1) is 10.1. The number of nitrogens with zero attached hydrogens (tertiary/aromatic N) is 1. The largest absolute Gasteiger partial charge is 0.375 e. The van der Waals surface area contributed by atoms with Gasteiger partial charge in [-0.3, -0.25) is 0 Å². The summed E-state index contributed by atoms with van der Waals surface area (Å²) in [5, 5.41) is 2.97. The zero-order valence-corrected chi connectivity index (χ0v) is 13.0. The molecule has 0 heterocycles. The lowest BCUT2D eigenvalue weighted by Gasteiger charge is -2.33. The van der Waals surface area contributed by atoms with E-state index in [0.717, 1.165) is 12.1 Å². The molecule has 2 amide bonds. The van der Waals surface area contributed by atoms with Gasteiger partial charge in [0.05, 0.1) is 12.1 Å². The Hall–Kier alpha value is -1.81. The number of hydrogen-bond acceptors (Lipinski definition) is 2. The molecule has 0 spiro atoms. The number of methoxy groups -OCH3 is 1. The average molecular weight is 288 g/mol. The Morgan fingerprint density at radius 3 is 2.71 bits per heavy atom. The third-order valence-electron chi connectivity index (χ3n) is 3.60. The fraction of sp³-hybridized carbons (Fsp3) is 0.471. The molecule has 0 aliphatic heterocycles. The van der Waals surface area contributed by atoms with Gasteiger partial charge in [-0.2, -0.15) is 0 Å². The number of para-hydroxylation sites is 1. The van der Waals surface area contributed by atoms with Gasteiger partial charge in [-0.15, -0.1) is 0 Å². The second kappa shape index (κ2) is 7.27. The first kappa shape index (κ1) is 15.6. The van der Waals surface area contributed by atoms with Gasteiger partial charge in [0.2, 0.25) is 0 Å². The summed E-state index contributed by atoms with van der Waals surface area (Å²) < 4.78 is 5.48. The van der Waals surface area contributed by atoms with Crippen LogP contribution in [-0.4, -0.2) is 36.7 Å². The maximum atomic E-state index is 12.6. The van der Waals surface area contributed by atoms with E-state index in [1.165, 1.54) is 0 Å². The van der Waals surface area contributed by atoms with Crippen molar-refractivity contribution in [2.75, 3.05) is 19.0 Å². The highest BCUT2D eigenvalue weighted by Crippen LogP contribution is 2.22. The molecule has 0 aromatic heterocycles. The van der Waals surface area contributed by atoms with Crippen LogP contribution in [0.1, 0.15) is 20.3 Å². The number of nitrogens with one attached hydrogen (secondary N) is 1. The molecule has 2 atom stereocenters. The van der Waals surface area contributed by atoms with Crippen LogP contribution in [0.25, 0.3) is 0 Å². The van der Waals surface area contributed by atoms with E-state index < -0.39 is 0 Å². The number of rotatable bonds is 5. The number of anilines is 1. The van der Waals surface area contributed by atoms with Gasteiger partial charge < -0.3 is 15.0 Å². The highest BCUT2D eigenvalue weighted by molar-refractivity contribution is 5.89. The number of urea groups is 1. The lowest BCUT2D eigenvalue weighted by molar-refractivity contribution is 0.0654. The third kappa shape index (κ3) is 4.08. The molecule has 0 bridgehead atoms. The van der Waals surface area contributed by atoms with Crippen molar-refractivity contribution in [1.82, 2.24) is 4.90 Å². The Morgan fingerprint density at radius 1 is 1.38 bits per heavy atom. The van der Waals surface area contributed by atoms with Crippen molar-refractivity contribution in [2.24, 2.45) is 5.92 Å². The molecule has 2 rings (SSSR count). The van der Waals surface area contributed by atoms with Gasteiger partial charge in [-0.1, -0.05) is 44.2 Å². The van der Waals surface area contributed by atoms with Crippen LogP contribution in [-0.2, 0) is 4.74 Å². The topological polar surface area (TPSA) is 41.6 Å². The summed E-state index contributed by atoms with van der Waals surface area (Å²) in [5.41, 5.74) is 0.816. The smallest absolute Gasteiger partial charge is 0.322 e. The molecule has 0 saturated heterocycles. The van der Waals surface area contributed by atoms with E-state index in [0.29, 0.717) is 12.5 Å². The minimum Gasteiger partial charge on any atom is -0.375 e. The van der Waals surface area contributed by atoms with Gasteiger partial charge in [0.1, 0.15) is 0 Å². The predicted octanol–water partition coefficient (Wildman–Crippen LogP) is 3.52. The first-order valence-electron chi connectivity index (χ1n) is 7.44. The molecule has 0 fully saturated rings. The monoisotopic (exact) mass is 288 g/mol. The lowest BCUT2D eigenvalue weighted by Crippen LogP contribution is -2.48. The molecule has 0 unspecified atom stereocenters. The molecule has 0 saturated carbocycles. The maximum absolute atomic E-state index is 12.6. The second-order valence-corrected chi connectivity index (χ2v) is 5.77. The first-order valence-corrected chi connectivity index (χ1v) is 7.44. The van der Waals surface area contributed by atoms with Crippen LogP contribution >= 0.6 is 0 Å². The van der Waals surface area contributed by atoms with Crippen LogP contribution in [0.2, 0.25) is 0 Å². The van der Waals surface area contributed by atoms with Gasteiger partial charge in [0.25, 0.3) is 0 Å². The molecule has 1 aromatic carbocycles. The predicted molar refractivity (Wildman–Crippen MR) is 85.3 cm³/mol. The second-order valence-electron chi connectivity index (χ2n) is 5.77. The minimum absolute atomic E-state index is 0.0229. The highest BCUT2D eigenvalue weighted by atomic mass is 16.5. The van der Waals surface area contributed by atoms with E-state index in [1.807, 2.05) is 41.3 Å². The summed E-state index contributed by atoms with van der Waals surface area (Å²) in [4.78, 5) is 14.5. The molecule has 1 aromatic rings. The van der Waals surface area contributed by atoms with Crippen LogP contribution < -0.4 is 5.32 Å². The Bertz CT molecular complexity index is 485. The normalized spacial score (nSPS) is 20.8. The number of hydrogen-bond donors (Lipinski definition) is 1. The number of carbonyl (C=O) groups is 1. The van der Waals surface area contributed by atoms with Crippen LogP contribution in [0.5, 0.6) is 0 Å². The minimum atomic E-state index is -0.0642. The molecule has 1 aliphatic carbocycles. The summed E-state index contributed by atoms with van der Waals surface area (Å²) in [5.74, 6) is 0.407. The standard InChI is InChI=1S/C17H24N2O2/c1-13(2)12-19(15-10-7-11-16(15)21-3)17(20)18-14-8-5-4-6-9-14/h4-9,11,13,15-16H,10,12H2,1-3H3,(H,18,20)/t15-,16-/m0/s1. The van der Waals surface area contributed by atoms with Crippen molar-refractivity contribution >= 4 is 11.7 Å². The van der Waals surface area contributed by atoms with Gasteiger partial charge in [0, 0.05) is 19.3 Å². The van der Waals surface area contributed by atoms with Crippen molar-refractivity contribution in [1.29, 1.82) is 0 Å². The summed E-state index contributed by atoms with van der Waals surface area (Å²) >= 11 is 0. The van der Waals surface area contributed by atoms with Gasteiger partial charge >= 0.3 is 6.03 Å². The van der Waals surface area contributed by atoms with Gasteiger partial charge in [-0.05, 0) is 24.5 Å². The van der Waals surface area contributed by atoms with Crippen molar-refractivity contribution in [2.45, 2.75) is 32.4 Å². The van der Waals surface area contributed by atoms with Crippen LogP contribution in [0.3, 0.4) is 0 Å². The van der Waals surface area contributed by atoms with Crippen molar-refractivity contribution < 1.29 is 9.53 Å². The summed E-state index contributed by atoms with van der Waals surface area (Å²) in [7, 11) is 1.69. The van der Waals surface area contributed by atoms with Crippen molar-refractivity contribution in [3.63, 3.8) is 0 Å². The van der Waals surface area contributed by atoms with E-state index in [2.05, 4.69) is 25.2 Å². The summed E-state index contributed by atoms with van der Waals surface area (Å²) in [6.07, 6.45) is 4.94. The number of ether oxygens (including phenoxy) is 1. The Kier molecular flexibility index (Phi) is 5.39. The van der Waals surface area contributed by atoms with Gasteiger partial charge in [-0.25, -0.2) is 4.79 Å². The fourth-order valence-corrected chi connectivity index (χ4v) is 2.63. The zero-order chi connectivity index (χ0) is 15.2. The molecule has 4 nitrogen and oxygen atoms in total. The Labute approximate surface area is 126 Å². The van der Waals surface area contributed by atoms with Crippen LogP contribution in [0.15, 0.2) is 42.5 Å². The molecular formula is C17H24N2O2. The van der Waals surface area contributed by atoms with E-state index in [1.54, 1.807) is 7.11 Å². The molecule has 21 heavy (non-hydrogen) atoms. The molecule has 4 heteroatoms. The van der Waals surface area contributed by atoms with E-state index in [9.17, 15) is 4.79 Å². The quantitative estimate of drug-likeness (QED) is 0.842. The number of amides is 2. The molecule has 114 valence electrons. The average Bonchev–Trinajstić information content (AvgIpc) is 2.93. The van der Waals surface area contributed by atoms with E-state index in [4.69, 9.17) is 4.74 Å². The van der Waals surface area contributed by atoms with Crippen molar-refractivity contribution in [3.8, 4) is 0 Å². The Morgan fingerprint density at radius 2 is 2.10 bits per heavy atom. The maximum Gasteiger partial charge on any atom is 0.322 e. The van der Waals surface area contributed by atoms with Crippen LogP contribution in [0.4, 0.5) is 10.5 Å². The summed E-state index contributed by atoms with van der Waals surface area (Å²) in [6, 6.07) is 9.56.